The molecular formula is C10H8FN5O2. The summed E-state index contributed by atoms with van der Waals surface area (Å²) in [6, 6.07) is 5.17. The summed E-state index contributed by atoms with van der Waals surface area (Å²) < 4.78 is 12.6. The summed E-state index contributed by atoms with van der Waals surface area (Å²) in [7, 11) is 0. The standard InChI is InChI=1S/C10H8FN5O2/c11-5-1-3-6(4-2-5)15-16-7-8(12)13-10(18)14-9(7)17/h1-4H,(H4,12,13,14,17,18). The van der Waals surface area contributed by atoms with Crippen LogP contribution in [0.25, 0.3) is 0 Å². The maximum Gasteiger partial charge on any atom is 0.327 e. The van der Waals surface area contributed by atoms with Gasteiger partial charge in [-0.05, 0) is 24.3 Å². The second kappa shape index (κ2) is 4.62. The molecule has 0 unspecified atom stereocenters. The van der Waals surface area contributed by atoms with Crippen molar-refractivity contribution in [2.24, 2.45) is 10.2 Å². The fraction of sp³-hybridized carbons (Fsp3) is 0. The Hall–Kier alpha value is -2.77. The maximum absolute atomic E-state index is 12.6. The fourth-order valence-corrected chi connectivity index (χ4v) is 1.21. The lowest BCUT2D eigenvalue weighted by Gasteiger charge is -1.96. The molecule has 1 aromatic carbocycles. The van der Waals surface area contributed by atoms with Crippen molar-refractivity contribution in [3.63, 3.8) is 0 Å². The number of hydrogen-bond donors (Lipinski definition) is 3. The zero-order valence-electron chi connectivity index (χ0n) is 8.98. The van der Waals surface area contributed by atoms with Gasteiger partial charge in [0.05, 0.1) is 5.69 Å². The molecule has 0 saturated carbocycles. The van der Waals surface area contributed by atoms with E-state index in [0.717, 1.165) is 0 Å². The summed E-state index contributed by atoms with van der Waals surface area (Å²) in [6.07, 6.45) is 0. The highest BCUT2D eigenvalue weighted by atomic mass is 19.1. The van der Waals surface area contributed by atoms with Crippen molar-refractivity contribution in [2.75, 3.05) is 5.73 Å². The van der Waals surface area contributed by atoms with Gasteiger partial charge in [-0.15, -0.1) is 5.11 Å². The molecule has 0 radical (unpaired) electrons. The smallest absolute Gasteiger partial charge is 0.327 e. The highest BCUT2D eigenvalue weighted by Gasteiger charge is 2.04. The molecule has 0 spiro atoms. The van der Waals surface area contributed by atoms with E-state index in [1.807, 2.05) is 4.98 Å². The summed E-state index contributed by atoms with van der Waals surface area (Å²) in [6.45, 7) is 0. The quantitative estimate of drug-likeness (QED) is 0.694. The first-order valence-corrected chi connectivity index (χ1v) is 4.85. The number of nitrogens with one attached hydrogen (secondary N) is 2. The summed E-state index contributed by atoms with van der Waals surface area (Å²) in [4.78, 5) is 26.4. The molecule has 1 aromatic heterocycles. The lowest BCUT2D eigenvalue weighted by Crippen LogP contribution is -2.23. The molecule has 0 amide bonds. The Kier molecular flexibility index (Phi) is 3.00. The number of hydrogen-bond acceptors (Lipinski definition) is 5. The predicted molar refractivity (Wildman–Crippen MR) is 62.7 cm³/mol. The zero-order chi connectivity index (χ0) is 13.1. The summed E-state index contributed by atoms with van der Waals surface area (Å²) in [5.74, 6) is -0.593. The van der Waals surface area contributed by atoms with E-state index in [-0.39, 0.29) is 11.5 Å². The Labute approximate surface area is 99.2 Å². The largest absolute Gasteiger partial charge is 0.383 e. The molecule has 92 valence electrons. The van der Waals surface area contributed by atoms with Gasteiger partial charge in [0.1, 0.15) is 11.6 Å². The minimum Gasteiger partial charge on any atom is -0.383 e. The molecule has 0 aliphatic heterocycles. The number of halogens is 1. The van der Waals surface area contributed by atoms with E-state index < -0.39 is 17.1 Å². The number of nitrogens with zero attached hydrogens (tertiary/aromatic N) is 2. The van der Waals surface area contributed by atoms with Crippen LogP contribution in [0.15, 0.2) is 44.1 Å². The Bertz CT molecular complexity index is 701. The first-order valence-electron chi connectivity index (χ1n) is 4.85. The van der Waals surface area contributed by atoms with Gasteiger partial charge in [-0.2, -0.15) is 5.11 Å². The van der Waals surface area contributed by atoms with E-state index in [1.165, 1.54) is 24.3 Å². The molecule has 0 fully saturated rings. The van der Waals surface area contributed by atoms with Crippen LogP contribution < -0.4 is 17.0 Å². The number of aromatic nitrogens is 2. The van der Waals surface area contributed by atoms with Gasteiger partial charge in [-0.3, -0.25) is 14.8 Å². The van der Waals surface area contributed by atoms with Crippen molar-refractivity contribution in [1.29, 1.82) is 0 Å². The predicted octanol–water partition coefficient (Wildman–Crippen LogP) is 1.20. The minimum atomic E-state index is -0.748. The van der Waals surface area contributed by atoms with E-state index in [0.29, 0.717) is 5.69 Å². The summed E-state index contributed by atoms with van der Waals surface area (Å²) >= 11 is 0. The molecule has 2 aromatic rings. The molecule has 0 aliphatic carbocycles. The number of nitrogens with two attached hydrogens (primary N) is 1. The molecule has 0 atom stereocenters. The number of rotatable bonds is 2. The Morgan fingerprint density at radius 1 is 1.06 bits per heavy atom. The van der Waals surface area contributed by atoms with Crippen LogP contribution >= 0.6 is 0 Å². The van der Waals surface area contributed by atoms with Crippen molar-refractivity contribution in [2.45, 2.75) is 0 Å². The van der Waals surface area contributed by atoms with Crippen molar-refractivity contribution >= 4 is 17.2 Å². The Morgan fingerprint density at radius 2 is 1.72 bits per heavy atom. The molecule has 0 saturated heterocycles. The molecule has 2 rings (SSSR count). The zero-order valence-corrected chi connectivity index (χ0v) is 8.98. The summed E-state index contributed by atoms with van der Waals surface area (Å²) in [5.41, 5.74) is 4.09. The van der Waals surface area contributed by atoms with Gasteiger partial charge in [-0.25, -0.2) is 9.18 Å². The number of H-pyrrole nitrogens is 2. The third kappa shape index (κ3) is 2.48. The van der Waals surface area contributed by atoms with E-state index >= 15 is 0 Å². The van der Waals surface area contributed by atoms with Crippen molar-refractivity contribution < 1.29 is 4.39 Å². The van der Waals surface area contributed by atoms with E-state index in [9.17, 15) is 14.0 Å². The molecule has 1 heterocycles. The minimum absolute atomic E-state index is 0.186. The van der Waals surface area contributed by atoms with E-state index in [4.69, 9.17) is 5.73 Å². The number of benzene rings is 1. The monoisotopic (exact) mass is 249 g/mol. The molecule has 18 heavy (non-hydrogen) atoms. The van der Waals surface area contributed by atoms with Gasteiger partial charge < -0.3 is 5.73 Å². The third-order valence-electron chi connectivity index (χ3n) is 2.04. The molecule has 7 nitrogen and oxygen atoms in total. The van der Waals surface area contributed by atoms with Gasteiger partial charge in [0.15, 0.2) is 5.69 Å². The SMILES string of the molecule is Nc1[nH]c(=O)[nH]c(=O)c1N=Nc1ccc(F)cc1. The number of aromatic amines is 2. The van der Waals surface area contributed by atoms with Crippen molar-refractivity contribution in [1.82, 2.24) is 9.97 Å². The summed E-state index contributed by atoms with van der Waals surface area (Å²) in [5, 5.41) is 7.32. The number of anilines is 1. The molecule has 0 aliphatic rings. The third-order valence-corrected chi connectivity index (χ3v) is 2.04. The molecule has 4 N–H and O–H groups in total. The van der Waals surface area contributed by atoms with Gasteiger partial charge in [0.2, 0.25) is 0 Å². The first kappa shape index (κ1) is 11.7. The van der Waals surface area contributed by atoms with Crippen molar-refractivity contribution in [3.8, 4) is 0 Å². The van der Waals surface area contributed by atoms with Crippen LogP contribution in [0.1, 0.15) is 0 Å². The Balaban J connectivity index is 2.38. The van der Waals surface area contributed by atoms with Gasteiger partial charge >= 0.3 is 5.69 Å². The Morgan fingerprint density at radius 3 is 2.33 bits per heavy atom. The average Bonchev–Trinajstić information content (AvgIpc) is 2.30. The first-order chi connectivity index (χ1) is 8.56. The van der Waals surface area contributed by atoms with Crippen LogP contribution in [0, 0.1) is 5.82 Å². The second-order valence-electron chi connectivity index (χ2n) is 3.35. The average molecular weight is 249 g/mol. The van der Waals surface area contributed by atoms with Gasteiger partial charge in [0, 0.05) is 0 Å². The highest BCUT2D eigenvalue weighted by molar-refractivity contribution is 5.54. The molecule has 0 bridgehead atoms. The maximum atomic E-state index is 12.6. The van der Waals surface area contributed by atoms with E-state index in [2.05, 4.69) is 15.2 Å². The molecular weight excluding hydrogens is 241 g/mol. The van der Waals surface area contributed by atoms with Crippen LogP contribution in [0.5, 0.6) is 0 Å². The lowest BCUT2D eigenvalue weighted by molar-refractivity contribution is 0.628. The van der Waals surface area contributed by atoms with Crippen molar-refractivity contribution in [3.05, 3.63) is 50.9 Å². The topological polar surface area (TPSA) is 116 Å². The fourth-order valence-electron chi connectivity index (χ4n) is 1.21. The van der Waals surface area contributed by atoms with E-state index in [1.54, 1.807) is 0 Å². The van der Waals surface area contributed by atoms with Crippen LogP contribution in [0.3, 0.4) is 0 Å². The highest BCUT2D eigenvalue weighted by Crippen LogP contribution is 2.17. The molecule has 8 heteroatoms. The van der Waals surface area contributed by atoms with Crippen LogP contribution in [0.2, 0.25) is 0 Å². The number of nitrogen functional groups attached to an aromatic ring is 1. The lowest BCUT2D eigenvalue weighted by atomic mass is 10.3. The van der Waals surface area contributed by atoms with Crippen LogP contribution in [0.4, 0.5) is 21.6 Å². The number of azo groups is 1. The van der Waals surface area contributed by atoms with Crippen LogP contribution in [-0.2, 0) is 0 Å². The van der Waals surface area contributed by atoms with Crippen LogP contribution in [-0.4, -0.2) is 9.97 Å². The second-order valence-corrected chi connectivity index (χ2v) is 3.35. The normalized spacial score (nSPS) is 10.9. The van der Waals surface area contributed by atoms with Gasteiger partial charge in [-0.1, -0.05) is 0 Å². The van der Waals surface area contributed by atoms with Gasteiger partial charge in [0.25, 0.3) is 5.56 Å².